The Hall–Kier alpha value is -3.02. The van der Waals surface area contributed by atoms with Gasteiger partial charge in [-0.3, -0.25) is 9.59 Å². The zero-order valence-corrected chi connectivity index (χ0v) is 14.3. The van der Waals surface area contributed by atoms with Crippen molar-refractivity contribution < 1.29 is 19.1 Å². The molecule has 0 bridgehead atoms. The second-order valence-electron chi connectivity index (χ2n) is 5.67. The summed E-state index contributed by atoms with van der Waals surface area (Å²) < 4.78 is 10.4. The lowest BCUT2D eigenvalue weighted by atomic mass is 10.1. The highest BCUT2D eigenvalue weighted by Gasteiger charge is 2.29. The molecule has 1 heterocycles. The standard InChI is InChI=1S/C19H20N2O4/c1-24-15-8-9-16(17(12-15)25-2)19(23)20-10-11-21(18(22)13-20)14-6-4-3-5-7-14/h3-9,12H,10-11,13H2,1-2H3. The Kier molecular flexibility index (Phi) is 4.88. The van der Waals surface area contributed by atoms with Crippen LogP contribution in [0.4, 0.5) is 5.69 Å². The molecule has 3 rings (SSSR count). The monoisotopic (exact) mass is 340 g/mol. The minimum Gasteiger partial charge on any atom is -0.497 e. The largest absolute Gasteiger partial charge is 0.497 e. The summed E-state index contributed by atoms with van der Waals surface area (Å²) in [6.45, 7) is 0.977. The molecule has 6 heteroatoms. The lowest BCUT2D eigenvalue weighted by Crippen LogP contribution is -2.52. The van der Waals surface area contributed by atoms with Gasteiger partial charge < -0.3 is 19.3 Å². The highest BCUT2D eigenvalue weighted by atomic mass is 16.5. The number of nitrogens with zero attached hydrogens (tertiary/aromatic N) is 2. The van der Waals surface area contributed by atoms with Gasteiger partial charge in [-0.1, -0.05) is 18.2 Å². The Bertz CT molecular complexity index is 776. The molecule has 130 valence electrons. The Morgan fingerprint density at radius 1 is 1.00 bits per heavy atom. The van der Waals surface area contributed by atoms with Crippen LogP contribution in [0.15, 0.2) is 48.5 Å². The van der Waals surface area contributed by atoms with Gasteiger partial charge in [0.2, 0.25) is 5.91 Å². The van der Waals surface area contributed by atoms with Gasteiger partial charge in [0.05, 0.1) is 19.8 Å². The van der Waals surface area contributed by atoms with Crippen LogP contribution >= 0.6 is 0 Å². The number of anilines is 1. The van der Waals surface area contributed by atoms with E-state index in [1.807, 2.05) is 30.3 Å². The lowest BCUT2D eigenvalue weighted by Gasteiger charge is -2.34. The quantitative estimate of drug-likeness (QED) is 0.856. The van der Waals surface area contributed by atoms with Gasteiger partial charge in [-0.05, 0) is 24.3 Å². The van der Waals surface area contributed by atoms with Crippen molar-refractivity contribution in [2.24, 2.45) is 0 Å². The molecule has 2 aromatic carbocycles. The molecule has 2 amide bonds. The first-order valence-corrected chi connectivity index (χ1v) is 8.00. The van der Waals surface area contributed by atoms with E-state index in [4.69, 9.17) is 9.47 Å². The summed E-state index contributed by atoms with van der Waals surface area (Å²) in [6, 6.07) is 14.5. The number of rotatable bonds is 4. The fourth-order valence-electron chi connectivity index (χ4n) is 2.87. The van der Waals surface area contributed by atoms with Gasteiger partial charge in [-0.25, -0.2) is 0 Å². The number of piperazine rings is 1. The minimum absolute atomic E-state index is 0.0446. The van der Waals surface area contributed by atoms with Crippen LogP contribution in [0.3, 0.4) is 0 Å². The molecule has 0 unspecified atom stereocenters. The lowest BCUT2D eigenvalue weighted by molar-refractivity contribution is -0.120. The fourth-order valence-corrected chi connectivity index (χ4v) is 2.87. The number of carbonyl (C=O) groups is 2. The SMILES string of the molecule is COc1ccc(C(=O)N2CCN(c3ccccc3)C(=O)C2)c(OC)c1. The molecule has 6 nitrogen and oxygen atoms in total. The fraction of sp³-hybridized carbons (Fsp3) is 0.263. The number of hydrogen-bond donors (Lipinski definition) is 0. The van der Waals surface area contributed by atoms with E-state index < -0.39 is 0 Å². The van der Waals surface area contributed by atoms with E-state index >= 15 is 0 Å². The van der Waals surface area contributed by atoms with Crippen LogP contribution in [0, 0.1) is 0 Å². The minimum atomic E-state index is -0.222. The van der Waals surface area contributed by atoms with Crippen LogP contribution in [-0.2, 0) is 4.79 Å². The Morgan fingerprint density at radius 3 is 2.40 bits per heavy atom. The van der Waals surface area contributed by atoms with Crippen LogP contribution < -0.4 is 14.4 Å². The van der Waals surface area contributed by atoms with E-state index in [0.29, 0.717) is 30.2 Å². The molecule has 0 N–H and O–H groups in total. The summed E-state index contributed by atoms with van der Waals surface area (Å²) in [5.74, 6) is 0.722. The third kappa shape index (κ3) is 3.42. The molecule has 1 fully saturated rings. The normalized spacial score (nSPS) is 14.4. The first-order chi connectivity index (χ1) is 12.1. The van der Waals surface area contributed by atoms with Crippen LogP contribution in [0.2, 0.25) is 0 Å². The smallest absolute Gasteiger partial charge is 0.258 e. The highest BCUT2D eigenvalue weighted by molar-refractivity contribution is 6.03. The van der Waals surface area contributed by atoms with E-state index in [1.165, 1.54) is 7.11 Å². The summed E-state index contributed by atoms with van der Waals surface area (Å²) in [7, 11) is 3.06. The van der Waals surface area contributed by atoms with Crippen molar-refractivity contribution >= 4 is 17.5 Å². The van der Waals surface area contributed by atoms with E-state index in [0.717, 1.165) is 5.69 Å². The average Bonchev–Trinajstić information content (AvgIpc) is 2.67. The Morgan fingerprint density at radius 2 is 1.76 bits per heavy atom. The van der Waals surface area contributed by atoms with Crippen molar-refractivity contribution in [3.63, 3.8) is 0 Å². The van der Waals surface area contributed by atoms with E-state index in [1.54, 1.807) is 35.1 Å². The summed E-state index contributed by atoms with van der Waals surface area (Å²) in [5.41, 5.74) is 1.27. The average molecular weight is 340 g/mol. The van der Waals surface area contributed by atoms with Gasteiger partial charge in [0.25, 0.3) is 5.91 Å². The molecular formula is C19H20N2O4. The van der Waals surface area contributed by atoms with Gasteiger partial charge in [0.15, 0.2) is 0 Å². The van der Waals surface area contributed by atoms with Crippen molar-refractivity contribution in [3.05, 3.63) is 54.1 Å². The van der Waals surface area contributed by atoms with Gasteiger partial charge in [-0.2, -0.15) is 0 Å². The van der Waals surface area contributed by atoms with E-state index in [-0.39, 0.29) is 18.4 Å². The third-order valence-corrected chi connectivity index (χ3v) is 4.21. The maximum Gasteiger partial charge on any atom is 0.258 e. The molecule has 25 heavy (non-hydrogen) atoms. The first-order valence-electron chi connectivity index (χ1n) is 8.00. The molecule has 0 saturated carbocycles. The second kappa shape index (κ2) is 7.25. The molecule has 0 aromatic heterocycles. The number of methoxy groups -OCH3 is 2. The number of amides is 2. The van der Waals surface area contributed by atoms with E-state index in [9.17, 15) is 9.59 Å². The van der Waals surface area contributed by atoms with Crippen LogP contribution in [0.5, 0.6) is 11.5 Å². The van der Waals surface area contributed by atoms with Crippen LogP contribution in [-0.4, -0.2) is 50.6 Å². The zero-order chi connectivity index (χ0) is 17.8. The van der Waals surface area contributed by atoms with Crippen molar-refractivity contribution in [2.75, 3.05) is 38.8 Å². The molecule has 0 aliphatic carbocycles. The molecule has 1 aliphatic rings. The highest BCUT2D eigenvalue weighted by Crippen LogP contribution is 2.26. The Balaban J connectivity index is 1.76. The summed E-state index contributed by atoms with van der Waals surface area (Å²) >= 11 is 0. The number of carbonyl (C=O) groups excluding carboxylic acids is 2. The maximum atomic E-state index is 12.8. The first kappa shape index (κ1) is 16.8. The topological polar surface area (TPSA) is 59.1 Å². The molecule has 0 spiro atoms. The van der Waals surface area contributed by atoms with Crippen LogP contribution in [0.25, 0.3) is 0 Å². The van der Waals surface area contributed by atoms with Gasteiger partial charge >= 0.3 is 0 Å². The molecule has 2 aromatic rings. The number of para-hydroxylation sites is 1. The predicted octanol–water partition coefficient (Wildman–Crippen LogP) is 2.19. The molecule has 1 aliphatic heterocycles. The second-order valence-corrected chi connectivity index (χ2v) is 5.67. The van der Waals surface area contributed by atoms with Crippen molar-refractivity contribution in [3.8, 4) is 11.5 Å². The predicted molar refractivity (Wildman–Crippen MR) is 94.2 cm³/mol. The number of benzene rings is 2. The van der Waals surface area contributed by atoms with Crippen molar-refractivity contribution in [1.29, 1.82) is 0 Å². The summed E-state index contributed by atoms with van der Waals surface area (Å²) in [6.07, 6.45) is 0. The number of hydrogen-bond acceptors (Lipinski definition) is 4. The summed E-state index contributed by atoms with van der Waals surface area (Å²) in [5, 5.41) is 0. The summed E-state index contributed by atoms with van der Waals surface area (Å²) in [4.78, 5) is 28.5. The Labute approximate surface area is 146 Å². The van der Waals surface area contributed by atoms with Crippen molar-refractivity contribution in [1.82, 2.24) is 4.90 Å². The molecule has 0 radical (unpaired) electrons. The number of ether oxygens (including phenoxy) is 2. The van der Waals surface area contributed by atoms with Gasteiger partial charge in [0, 0.05) is 24.8 Å². The third-order valence-electron chi connectivity index (χ3n) is 4.21. The molecule has 0 atom stereocenters. The van der Waals surface area contributed by atoms with Gasteiger partial charge in [-0.15, -0.1) is 0 Å². The maximum absolute atomic E-state index is 12.8. The van der Waals surface area contributed by atoms with Crippen molar-refractivity contribution in [2.45, 2.75) is 0 Å². The van der Waals surface area contributed by atoms with Gasteiger partial charge in [0.1, 0.15) is 18.0 Å². The zero-order valence-electron chi connectivity index (χ0n) is 14.3. The molecule has 1 saturated heterocycles. The van der Waals surface area contributed by atoms with Crippen LogP contribution in [0.1, 0.15) is 10.4 Å². The van der Waals surface area contributed by atoms with E-state index in [2.05, 4.69) is 0 Å². The molecular weight excluding hydrogens is 320 g/mol.